The molecule has 0 heterocycles. The molecule has 0 saturated heterocycles. The predicted octanol–water partition coefficient (Wildman–Crippen LogP) is 3.07. The molecule has 0 aliphatic heterocycles. The molecule has 1 nitrogen and oxygen atoms in total. The van der Waals surface area contributed by atoms with E-state index in [2.05, 4.69) is 6.92 Å². The molecule has 0 aromatic rings. The Labute approximate surface area is 86.3 Å². The Morgan fingerprint density at radius 3 is 2.62 bits per heavy atom. The van der Waals surface area contributed by atoms with E-state index in [1.165, 1.54) is 32.1 Å². The third-order valence-corrected chi connectivity index (χ3v) is 3.87. The molecule has 0 radical (unpaired) electrons. The summed E-state index contributed by atoms with van der Waals surface area (Å²) < 4.78 is 0. The van der Waals surface area contributed by atoms with E-state index in [-0.39, 0.29) is 6.10 Å². The Hall–Kier alpha value is 0.310. The maximum Gasteiger partial charge on any atom is 0.0633 e. The van der Waals surface area contributed by atoms with Crippen LogP contribution in [0.3, 0.4) is 0 Å². The quantitative estimate of drug-likeness (QED) is 0.739. The van der Waals surface area contributed by atoms with Gasteiger partial charge in [-0.1, -0.05) is 39.0 Å². The molecule has 0 bridgehead atoms. The first-order valence-electron chi connectivity index (χ1n) is 5.58. The number of rotatable bonds is 5. The summed E-state index contributed by atoms with van der Waals surface area (Å²) in [5.41, 5.74) is 0. The molecule has 1 fully saturated rings. The molecule has 1 rings (SSSR count). The van der Waals surface area contributed by atoms with E-state index in [1.54, 1.807) is 0 Å². The first-order chi connectivity index (χ1) is 6.33. The van der Waals surface area contributed by atoms with Gasteiger partial charge >= 0.3 is 0 Å². The highest BCUT2D eigenvalue weighted by molar-refractivity contribution is 7.99. The molecule has 1 saturated carbocycles. The minimum atomic E-state index is -0.0481. The van der Waals surface area contributed by atoms with E-state index < -0.39 is 0 Å². The van der Waals surface area contributed by atoms with Crippen LogP contribution in [0.15, 0.2) is 0 Å². The first-order valence-corrected chi connectivity index (χ1v) is 6.74. The minimum Gasteiger partial charge on any atom is -0.392 e. The molecule has 0 aromatic carbocycles. The van der Waals surface area contributed by atoms with Crippen molar-refractivity contribution in [3.63, 3.8) is 0 Å². The highest BCUT2D eigenvalue weighted by Crippen LogP contribution is 2.27. The lowest BCUT2D eigenvalue weighted by Crippen LogP contribution is -2.18. The Morgan fingerprint density at radius 1 is 1.31 bits per heavy atom. The van der Waals surface area contributed by atoms with Crippen LogP contribution < -0.4 is 0 Å². The van der Waals surface area contributed by atoms with Crippen LogP contribution in [0.25, 0.3) is 0 Å². The molecule has 0 aromatic heterocycles. The van der Waals surface area contributed by atoms with Gasteiger partial charge in [0.05, 0.1) is 6.10 Å². The first kappa shape index (κ1) is 11.4. The normalized spacial score (nSPS) is 21.7. The Kier molecular flexibility index (Phi) is 5.88. The summed E-state index contributed by atoms with van der Waals surface area (Å²) in [6.07, 6.45) is 7.90. The molecular weight excluding hydrogens is 180 g/mol. The molecule has 1 unspecified atom stereocenters. The molecule has 1 aliphatic rings. The summed E-state index contributed by atoms with van der Waals surface area (Å²) in [5, 5.41) is 9.71. The standard InChI is InChI=1S/C11H22OS/c1-2-13-9-11(12)8-10-6-4-3-5-7-10/h10-12H,2-9H2,1H3. The van der Waals surface area contributed by atoms with Crippen molar-refractivity contribution >= 4 is 11.8 Å². The van der Waals surface area contributed by atoms with Crippen LogP contribution in [0.1, 0.15) is 45.4 Å². The zero-order valence-corrected chi connectivity index (χ0v) is 9.48. The van der Waals surface area contributed by atoms with Crippen LogP contribution >= 0.6 is 11.8 Å². The lowest BCUT2D eigenvalue weighted by atomic mass is 9.86. The molecule has 1 N–H and O–H groups in total. The maximum absolute atomic E-state index is 9.71. The fourth-order valence-electron chi connectivity index (χ4n) is 2.13. The molecule has 13 heavy (non-hydrogen) atoms. The van der Waals surface area contributed by atoms with Crippen molar-refractivity contribution in [1.29, 1.82) is 0 Å². The van der Waals surface area contributed by atoms with Crippen molar-refractivity contribution < 1.29 is 5.11 Å². The number of hydrogen-bond acceptors (Lipinski definition) is 2. The molecule has 1 aliphatic carbocycles. The topological polar surface area (TPSA) is 20.2 Å². The third-order valence-electron chi connectivity index (χ3n) is 2.84. The largest absolute Gasteiger partial charge is 0.392 e. The third kappa shape index (κ3) is 4.92. The summed E-state index contributed by atoms with van der Waals surface area (Å²) in [7, 11) is 0. The van der Waals surface area contributed by atoms with Crippen LogP contribution in [-0.2, 0) is 0 Å². The van der Waals surface area contributed by atoms with Crippen molar-refractivity contribution in [2.45, 2.75) is 51.6 Å². The zero-order valence-electron chi connectivity index (χ0n) is 8.67. The summed E-state index contributed by atoms with van der Waals surface area (Å²) in [6, 6.07) is 0. The summed E-state index contributed by atoms with van der Waals surface area (Å²) >= 11 is 1.85. The molecule has 0 amide bonds. The molecule has 78 valence electrons. The van der Waals surface area contributed by atoms with E-state index >= 15 is 0 Å². The van der Waals surface area contributed by atoms with Gasteiger partial charge in [0, 0.05) is 5.75 Å². The molecule has 1 atom stereocenters. The van der Waals surface area contributed by atoms with Crippen LogP contribution in [-0.4, -0.2) is 22.7 Å². The lowest BCUT2D eigenvalue weighted by Gasteiger charge is -2.23. The van der Waals surface area contributed by atoms with Gasteiger partial charge in [-0.15, -0.1) is 0 Å². The predicted molar refractivity (Wildman–Crippen MR) is 60.2 cm³/mol. The average molecular weight is 202 g/mol. The van der Waals surface area contributed by atoms with E-state index in [1.807, 2.05) is 11.8 Å². The van der Waals surface area contributed by atoms with Crippen LogP contribution in [0.2, 0.25) is 0 Å². The second-order valence-corrected chi connectivity index (χ2v) is 5.37. The fourth-order valence-corrected chi connectivity index (χ4v) is 2.77. The van der Waals surface area contributed by atoms with E-state index in [4.69, 9.17) is 0 Å². The SMILES string of the molecule is CCSCC(O)CC1CCCCC1. The van der Waals surface area contributed by atoms with Gasteiger partial charge in [0.1, 0.15) is 0 Å². The van der Waals surface area contributed by atoms with Crippen molar-refractivity contribution in [3.8, 4) is 0 Å². The number of thioether (sulfide) groups is 1. The summed E-state index contributed by atoms with van der Waals surface area (Å²) in [4.78, 5) is 0. The molecular formula is C11H22OS. The van der Waals surface area contributed by atoms with Crippen LogP contribution in [0.4, 0.5) is 0 Å². The molecule has 0 spiro atoms. The second kappa shape index (κ2) is 6.72. The van der Waals surface area contributed by atoms with Crippen molar-refractivity contribution in [3.05, 3.63) is 0 Å². The monoisotopic (exact) mass is 202 g/mol. The van der Waals surface area contributed by atoms with E-state index in [0.717, 1.165) is 23.8 Å². The summed E-state index contributed by atoms with van der Waals surface area (Å²) in [6.45, 7) is 2.15. The fraction of sp³-hybridized carbons (Fsp3) is 1.00. The lowest BCUT2D eigenvalue weighted by molar-refractivity contribution is 0.150. The van der Waals surface area contributed by atoms with Crippen LogP contribution in [0, 0.1) is 5.92 Å². The van der Waals surface area contributed by atoms with Gasteiger partial charge in [0.2, 0.25) is 0 Å². The number of aliphatic hydroxyl groups is 1. The van der Waals surface area contributed by atoms with Gasteiger partial charge in [-0.3, -0.25) is 0 Å². The van der Waals surface area contributed by atoms with Crippen molar-refractivity contribution in [1.82, 2.24) is 0 Å². The van der Waals surface area contributed by atoms with Gasteiger partial charge in [-0.25, -0.2) is 0 Å². The Morgan fingerprint density at radius 2 is 2.00 bits per heavy atom. The van der Waals surface area contributed by atoms with Crippen molar-refractivity contribution in [2.24, 2.45) is 5.92 Å². The zero-order chi connectivity index (χ0) is 9.52. The number of hydrogen-bond donors (Lipinski definition) is 1. The smallest absolute Gasteiger partial charge is 0.0633 e. The average Bonchev–Trinajstić information content (AvgIpc) is 2.16. The summed E-state index contributed by atoms with van der Waals surface area (Å²) in [5.74, 6) is 2.88. The Bertz CT molecular complexity index is 121. The van der Waals surface area contributed by atoms with E-state index in [9.17, 15) is 5.11 Å². The number of aliphatic hydroxyl groups excluding tert-OH is 1. The van der Waals surface area contributed by atoms with Gasteiger partial charge in [-0.2, -0.15) is 11.8 Å². The minimum absolute atomic E-state index is 0.0481. The van der Waals surface area contributed by atoms with Gasteiger partial charge in [0.15, 0.2) is 0 Å². The highest BCUT2D eigenvalue weighted by Gasteiger charge is 2.16. The molecule has 2 heteroatoms. The highest BCUT2D eigenvalue weighted by atomic mass is 32.2. The van der Waals surface area contributed by atoms with Gasteiger partial charge in [-0.05, 0) is 18.1 Å². The van der Waals surface area contributed by atoms with Gasteiger partial charge < -0.3 is 5.11 Å². The maximum atomic E-state index is 9.71. The van der Waals surface area contributed by atoms with Crippen molar-refractivity contribution in [2.75, 3.05) is 11.5 Å². The van der Waals surface area contributed by atoms with Crippen LogP contribution in [0.5, 0.6) is 0 Å². The second-order valence-electron chi connectivity index (χ2n) is 4.05. The van der Waals surface area contributed by atoms with E-state index in [0.29, 0.717) is 0 Å². The Balaban J connectivity index is 2.07. The van der Waals surface area contributed by atoms with Gasteiger partial charge in [0.25, 0.3) is 0 Å².